The van der Waals surface area contributed by atoms with E-state index in [1.807, 2.05) is 30.3 Å². The predicted molar refractivity (Wildman–Crippen MR) is 118 cm³/mol. The summed E-state index contributed by atoms with van der Waals surface area (Å²) in [5.41, 5.74) is 3.39. The second-order valence-corrected chi connectivity index (χ2v) is 7.56. The van der Waals surface area contributed by atoms with Crippen molar-refractivity contribution in [1.29, 1.82) is 0 Å². The van der Waals surface area contributed by atoms with Crippen molar-refractivity contribution in [2.24, 2.45) is 0 Å². The molecule has 168 valence electrons. The number of hydrogen-bond acceptors (Lipinski definition) is 6. The quantitative estimate of drug-likeness (QED) is 0.615. The molecule has 2 atom stereocenters. The van der Waals surface area contributed by atoms with Crippen LogP contribution in [0.4, 0.5) is 0 Å². The van der Waals surface area contributed by atoms with Crippen molar-refractivity contribution in [3.8, 4) is 17.2 Å². The minimum absolute atomic E-state index is 0.258. The summed E-state index contributed by atoms with van der Waals surface area (Å²) in [5.74, 6) is 0.610. The summed E-state index contributed by atoms with van der Waals surface area (Å²) in [6.45, 7) is 1.45. The van der Waals surface area contributed by atoms with Gasteiger partial charge < -0.3 is 28.8 Å². The third-order valence-corrected chi connectivity index (χ3v) is 6.00. The molecule has 1 aromatic heterocycles. The molecular weight excluding hydrogens is 412 g/mol. The van der Waals surface area contributed by atoms with Gasteiger partial charge in [-0.15, -0.1) is 0 Å². The maximum atomic E-state index is 12.9. The number of benzene rings is 2. The van der Waals surface area contributed by atoms with Crippen LogP contribution in [-0.2, 0) is 20.7 Å². The van der Waals surface area contributed by atoms with E-state index < -0.39 is 18.1 Å². The van der Waals surface area contributed by atoms with Crippen molar-refractivity contribution in [3.63, 3.8) is 0 Å². The third kappa shape index (κ3) is 3.23. The average molecular weight is 438 g/mol. The first-order chi connectivity index (χ1) is 15.5. The molecule has 1 amide bonds. The Kier molecular flexibility index (Phi) is 5.69. The van der Waals surface area contributed by atoms with Gasteiger partial charge in [0.25, 0.3) is 0 Å². The second kappa shape index (κ2) is 8.45. The van der Waals surface area contributed by atoms with Crippen LogP contribution in [0.25, 0.3) is 10.9 Å². The molecule has 0 radical (unpaired) electrons. The molecule has 0 aliphatic carbocycles. The fourth-order valence-corrected chi connectivity index (χ4v) is 4.66. The van der Waals surface area contributed by atoms with Crippen molar-refractivity contribution in [2.75, 3.05) is 28.4 Å². The molecule has 32 heavy (non-hydrogen) atoms. The van der Waals surface area contributed by atoms with Crippen molar-refractivity contribution < 1.29 is 28.5 Å². The maximum absolute atomic E-state index is 12.9. The Morgan fingerprint density at radius 3 is 2.31 bits per heavy atom. The van der Waals surface area contributed by atoms with Gasteiger partial charge in [0.05, 0.1) is 28.4 Å². The molecule has 8 heteroatoms. The van der Waals surface area contributed by atoms with Gasteiger partial charge in [-0.1, -0.05) is 18.2 Å². The van der Waals surface area contributed by atoms with Gasteiger partial charge in [-0.25, -0.2) is 4.79 Å². The number of esters is 1. The average Bonchev–Trinajstić information content (AvgIpc) is 3.19. The zero-order valence-corrected chi connectivity index (χ0v) is 18.7. The summed E-state index contributed by atoms with van der Waals surface area (Å²) in [6, 6.07) is 10.1. The van der Waals surface area contributed by atoms with Crippen LogP contribution >= 0.6 is 0 Å². The highest BCUT2D eigenvalue weighted by Gasteiger charge is 2.44. The minimum atomic E-state index is -0.785. The highest BCUT2D eigenvalue weighted by molar-refractivity contribution is 5.90. The van der Waals surface area contributed by atoms with Gasteiger partial charge in [0, 0.05) is 35.5 Å². The number of ether oxygens (including phenoxy) is 4. The molecule has 3 aromatic rings. The number of para-hydroxylation sites is 1. The van der Waals surface area contributed by atoms with Gasteiger partial charge >= 0.3 is 5.97 Å². The number of hydrogen-bond donors (Lipinski definition) is 1. The number of aromatic amines is 1. The summed E-state index contributed by atoms with van der Waals surface area (Å²) in [7, 11) is 5.94. The number of nitrogens with one attached hydrogen (secondary N) is 1. The van der Waals surface area contributed by atoms with Gasteiger partial charge in [0.15, 0.2) is 11.5 Å². The first-order valence-corrected chi connectivity index (χ1v) is 10.2. The number of rotatable bonds is 5. The summed E-state index contributed by atoms with van der Waals surface area (Å²) in [6.07, 6.45) is 0.345. The van der Waals surface area contributed by atoms with E-state index in [0.29, 0.717) is 29.2 Å². The molecule has 0 saturated heterocycles. The molecule has 4 rings (SSSR count). The van der Waals surface area contributed by atoms with E-state index in [1.54, 1.807) is 18.1 Å². The Morgan fingerprint density at radius 2 is 1.69 bits per heavy atom. The van der Waals surface area contributed by atoms with E-state index >= 15 is 0 Å². The monoisotopic (exact) mass is 438 g/mol. The topological polar surface area (TPSA) is 90.1 Å². The molecule has 2 aromatic carbocycles. The van der Waals surface area contributed by atoms with E-state index in [4.69, 9.17) is 18.9 Å². The molecule has 1 aliphatic rings. The molecule has 0 spiro atoms. The van der Waals surface area contributed by atoms with Crippen molar-refractivity contribution in [3.05, 3.63) is 53.2 Å². The molecule has 2 heterocycles. The van der Waals surface area contributed by atoms with Gasteiger partial charge in [0.2, 0.25) is 11.7 Å². The van der Waals surface area contributed by atoms with E-state index in [9.17, 15) is 9.59 Å². The fourth-order valence-electron chi connectivity index (χ4n) is 4.66. The lowest BCUT2D eigenvalue weighted by Crippen LogP contribution is -2.51. The van der Waals surface area contributed by atoms with Crippen molar-refractivity contribution in [2.45, 2.75) is 25.4 Å². The van der Waals surface area contributed by atoms with E-state index in [2.05, 4.69) is 4.98 Å². The van der Waals surface area contributed by atoms with Crippen LogP contribution in [0.2, 0.25) is 0 Å². The summed E-state index contributed by atoms with van der Waals surface area (Å²) in [4.78, 5) is 30.7. The maximum Gasteiger partial charge on any atom is 0.328 e. The number of H-pyrrole nitrogens is 1. The number of nitrogens with zero attached hydrogens (tertiary/aromatic N) is 1. The van der Waals surface area contributed by atoms with Crippen LogP contribution in [0, 0.1) is 0 Å². The van der Waals surface area contributed by atoms with Crippen molar-refractivity contribution >= 4 is 22.8 Å². The normalized spacial score (nSPS) is 17.6. The van der Waals surface area contributed by atoms with Crippen molar-refractivity contribution in [1.82, 2.24) is 9.88 Å². The molecule has 0 bridgehead atoms. The van der Waals surface area contributed by atoms with Crippen LogP contribution in [0.5, 0.6) is 17.2 Å². The Labute approximate surface area is 186 Å². The lowest BCUT2D eigenvalue weighted by molar-refractivity contribution is -0.154. The number of carbonyl (C=O) groups excluding carboxylic acids is 2. The molecule has 0 saturated carbocycles. The number of amides is 1. The van der Waals surface area contributed by atoms with E-state index in [-0.39, 0.29) is 5.91 Å². The van der Waals surface area contributed by atoms with Crippen LogP contribution in [-0.4, -0.2) is 56.2 Å². The highest BCUT2D eigenvalue weighted by atomic mass is 16.5. The molecule has 8 nitrogen and oxygen atoms in total. The van der Waals surface area contributed by atoms with Gasteiger partial charge in [0.1, 0.15) is 12.1 Å². The van der Waals surface area contributed by atoms with E-state index in [0.717, 1.165) is 22.2 Å². The van der Waals surface area contributed by atoms with Crippen LogP contribution in [0.3, 0.4) is 0 Å². The summed E-state index contributed by atoms with van der Waals surface area (Å²) in [5, 5.41) is 1.00. The van der Waals surface area contributed by atoms with Gasteiger partial charge in [-0.2, -0.15) is 0 Å². The van der Waals surface area contributed by atoms with E-state index in [1.165, 1.54) is 28.3 Å². The zero-order chi connectivity index (χ0) is 23.0. The standard InChI is InChI=1S/C24H26N2O6/c1-13(27)26-18(24(28)32-5)12-16-14-8-6-7-9-17(14)25-20(16)21(26)15-10-11-19(29-2)23(31-4)22(15)30-3/h6-11,18,21,25H,12H2,1-5H3. The molecule has 0 fully saturated rings. The first kappa shape index (κ1) is 21.5. The Bertz CT molecular complexity index is 1180. The number of methoxy groups -OCH3 is 4. The Morgan fingerprint density at radius 1 is 0.969 bits per heavy atom. The minimum Gasteiger partial charge on any atom is -0.493 e. The third-order valence-electron chi connectivity index (χ3n) is 6.00. The Balaban J connectivity index is 2.04. The zero-order valence-electron chi connectivity index (χ0n) is 18.7. The second-order valence-electron chi connectivity index (χ2n) is 7.56. The van der Waals surface area contributed by atoms with Gasteiger partial charge in [-0.3, -0.25) is 4.79 Å². The van der Waals surface area contributed by atoms with Gasteiger partial charge in [-0.05, 0) is 23.8 Å². The summed E-state index contributed by atoms with van der Waals surface area (Å²) >= 11 is 0. The molecule has 1 N–H and O–H groups in total. The molecule has 2 unspecified atom stereocenters. The SMILES string of the molecule is COC(=O)C1Cc2c([nH]c3ccccc23)C(c2ccc(OC)c(OC)c2OC)N1C(C)=O. The lowest BCUT2D eigenvalue weighted by atomic mass is 9.87. The Hall–Kier alpha value is -3.68. The highest BCUT2D eigenvalue weighted by Crippen LogP contribution is 2.48. The summed E-state index contributed by atoms with van der Waals surface area (Å²) < 4.78 is 21.8. The number of fused-ring (bicyclic) bond motifs is 3. The fraction of sp³-hybridized carbons (Fsp3) is 0.333. The van der Waals surface area contributed by atoms with Crippen LogP contribution in [0.1, 0.15) is 29.8 Å². The number of carbonyl (C=O) groups is 2. The number of aromatic nitrogens is 1. The largest absolute Gasteiger partial charge is 0.493 e. The van der Waals surface area contributed by atoms with Crippen LogP contribution in [0.15, 0.2) is 36.4 Å². The predicted octanol–water partition coefficient (Wildman–Crippen LogP) is 3.23. The smallest absolute Gasteiger partial charge is 0.328 e. The molecular formula is C24H26N2O6. The lowest BCUT2D eigenvalue weighted by Gasteiger charge is -2.40. The molecule has 1 aliphatic heterocycles. The first-order valence-electron chi connectivity index (χ1n) is 10.2. The van der Waals surface area contributed by atoms with Crippen LogP contribution < -0.4 is 14.2 Å².